The highest BCUT2D eigenvalue weighted by Crippen LogP contribution is 2.27. The highest BCUT2D eigenvalue weighted by atomic mass is 32.1. The maximum absolute atomic E-state index is 5.57. The number of hydrogen-bond donors (Lipinski definition) is 0. The van der Waals surface area contributed by atoms with Gasteiger partial charge in [-0.1, -0.05) is 56.4 Å². The Hall–Kier alpha value is -1.52. The van der Waals surface area contributed by atoms with Crippen molar-refractivity contribution in [2.24, 2.45) is 0 Å². The maximum Gasteiger partial charge on any atom is 0.141 e. The number of hydrogen-bond acceptors (Lipinski definition) is 3. The molecule has 0 atom stereocenters. The van der Waals surface area contributed by atoms with E-state index in [0.717, 1.165) is 55.0 Å². The van der Waals surface area contributed by atoms with Crippen LogP contribution in [0.2, 0.25) is 0 Å². The molecule has 2 aromatic rings. The van der Waals surface area contributed by atoms with E-state index < -0.39 is 0 Å². The fourth-order valence-corrected chi connectivity index (χ4v) is 3.74. The monoisotopic (exact) mass is 327 g/mol. The number of aromatic nitrogens is 2. The van der Waals surface area contributed by atoms with Crippen LogP contribution in [0.1, 0.15) is 31.5 Å². The van der Waals surface area contributed by atoms with Crippen LogP contribution < -0.4 is 0 Å². The maximum atomic E-state index is 5.57. The molecule has 1 aromatic carbocycles. The summed E-state index contributed by atoms with van der Waals surface area (Å²) in [4.78, 5) is 7.27. The predicted molar refractivity (Wildman–Crippen MR) is 98.3 cm³/mol. The van der Waals surface area contributed by atoms with Crippen molar-refractivity contribution in [1.29, 1.82) is 0 Å². The van der Waals surface area contributed by atoms with Crippen LogP contribution in [0.5, 0.6) is 0 Å². The zero-order valence-corrected chi connectivity index (χ0v) is 14.9. The standard InChI is InChI=1S/C19H25N3S/c1-3-21(4-2)13-14-22-17-12-8-11-16(17)19(23)20-18(22)15-9-6-5-7-10-15/h5-7,9-10H,3-4,8,11-14H2,1-2H3. The molecule has 23 heavy (non-hydrogen) atoms. The third-order valence-corrected chi connectivity index (χ3v) is 5.14. The van der Waals surface area contributed by atoms with E-state index in [0.29, 0.717) is 0 Å². The van der Waals surface area contributed by atoms with Crippen molar-refractivity contribution in [3.8, 4) is 11.4 Å². The zero-order chi connectivity index (χ0) is 16.2. The number of likely N-dealkylation sites (N-methyl/N-ethyl adjacent to an activating group) is 1. The summed E-state index contributed by atoms with van der Waals surface area (Å²) in [5.41, 5.74) is 3.88. The van der Waals surface area contributed by atoms with Crippen molar-refractivity contribution in [3.63, 3.8) is 0 Å². The molecule has 0 unspecified atom stereocenters. The fraction of sp³-hybridized carbons (Fsp3) is 0.474. The summed E-state index contributed by atoms with van der Waals surface area (Å²) >= 11 is 5.57. The van der Waals surface area contributed by atoms with E-state index in [4.69, 9.17) is 17.2 Å². The summed E-state index contributed by atoms with van der Waals surface area (Å²) in [6, 6.07) is 10.5. The van der Waals surface area contributed by atoms with Crippen LogP contribution in [0.3, 0.4) is 0 Å². The highest BCUT2D eigenvalue weighted by Gasteiger charge is 2.20. The Morgan fingerprint density at radius 1 is 1.13 bits per heavy atom. The molecule has 0 aliphatic heterocycles. The molecular weight excluding hydrogens is 302 g/mol. The Kier molecular flexibility index (Phi) is 5.23. The molecule has 0 bridgehead atoms. The molecule has 3 rings (SSSR count). The van der Waals surface area contributed by atoms with Gasteiger partial charge in [-0.2, -0.15) is 0 Å². The number of nitrogens with zero attached hydrogens (tertiary/aromatic N) is 3. The lowest BCUT2D eigenvalue weighted by molar-refractivity contribution is 0.289. The fourth-order valence-electron chi connectivity index (χ4n) is 3.44. The van der Waals surface area contributed by atoms with E-state index in [2.05, 4.69) is 47.6 Å². The molecule has 0 radical (unpaired) electrons. The normalized spacial score (nSPS) is 13.5. The van der Waals surface area contributed by atoms with Gasteiger partial charge in [0.15, 0.2) is 0 Å². The smallest absolute Gasteiger partial charge is 0.141 e. The van der Waals surface area contributed by atoms with Crippen LogP contribution in [0, 0.1) is 4.64 Å². The molecule has 0 saturated heterocycles. The minimum atomic E-state index is 0.801. The van der Waals surface area contributed by atoms with Gasteiger partial charge in [-0.25, -0.2) is 4.98 Å². The third kappa shape index (κ3) is 3.38. The van der Waals surface area contributed by atoms with Gasteiger partial charge < -0.3 is 9.47 Å². The Bertz CT molecular complexity index is 717. The van der Waals surface area contributed by atoms with E-state index >= 15 is 0 Å². The van der Waals surface area contributed by atoms with Gasteiger partial charge in [0.1, 0.15) is 10.5 Å². The van der Waals surface area contributed by atoms with Crippen LogP contribution in [0.4, 0.5) is 0 Å². The molecule has 3 nitrogen and oxygen atoms in total. The molecule has 1 aromatic heterocycles. The minimum Gasteiger partial charge on any atom is -0.328 e. The van der Waals surface area contributed by atoms with E-state index in [1.807, 2.05) is 6.07 Å². The molecular formula is C19H25N3S. The molecule has 1 heterocycles. The van der Waals surface area contributed by atoms with Crippen molar-refractivity contribution in [1.82, 2.24) is 14.5 Å². The number of benzene rings is 1. The van der Waals surface area contributed by atoms with Crippen LogP contribution in [0.25, 0.3) is 11.4 Å². The summed E-state index contributed by atoms with van der Waals surface area (Å²) in [7, 11) is 0. The molecule has 0 N–H and O–H groups in total. The number of rotatable bonds is 6. The summed E-state index contributed by atoms with van der Waals surface area (Å²) in [6.45, 7) is 8.67. The first-order valence-electron chi connectivity index (χ1n) is 8.65. The third-order valence-electron chi connectivity index (χ3n) is 4.80. The van der Waals surface area contributed by atoms with Gasteiger partial charge in [-0.05, 0) is 32.4 Å². The highest BCUT2D eigenvalue weighted by molar-refractivity contribution is 7.71. The second kappa shape index (κ2) is 7.37. The van der Waals surface area contributed by atoms with Gasteiger partial charge in [0.25, 0.3) is 0 Å². The molecule has 1 aliphatic carbocycles. The Morgan fingerprint density at radius 2 is 1.87 bits per heavy atom. The van der Waals surface area contributed by atoms with E-state index in [-0.39, 0.29) is 0 Å². The van der Waals surface area contributed by atoms with Crippen LogP contribution >= 0.6 is 12.2 Å². The van der Waals surface area contributed by atoms with Gasteiger partial charge in [0.2, 0.25) is 0 Å². The van der Waals surface area contributed by atoms with Crippen molar-refractivity contribution >= 4 is 12.2 Å². The molecule has 0 saturated carbocycles. The molecule has 0 fully saturated rings. The second-order valence-electron chi connectivity index (χ2n) is 6.06. The van der Waals surface area contributed by atoms with Gasteiger partial charge >= 0.3 is 0 Å². The lowest BCUT2D eigenvalue weighted by Crippen LogP contribution is -2.28. The van der Waals surface area contributed by atoms with Crippen LogP contribution in [-0.4, -0.2) is 34.1 Å². The predicted octanol–water partition coefficient (Wildman–Crippen LogP) is 4.11. The summed E-state index contributed by atoms with van der Waals surface area (Å²) < 4.78 is 3.22. The van der Waals surface area contributed by atoms with Gasteiger partial charge in [0, 0.05) is 29.9 Å². The zero-order valence-electron chi connectivity index (χ0n) is 14.1. The van der Waals surface area contributed by atoms with Crippen molar-refractivity contribution in [2.75, 3.05) is 19.6 Å². The van der Waals surface area contributed by atoms with E-state index in [1.165, 1.54) is 17.7 Å². The molecule has 0 spiro atoms. The van der Waals surface area contributed by atoms with Crippen molar-refractivity contribution < 1.29 is 0 Å². The van der Waals surface area contributed by atoms with Crippen molar-refractivity contribution in [2.45, 2.75) is 39.7 Å². The lowest BCUT2D eigenvalue weighted by Gasteiger charge is -2.23. The average molecular weight is 327 g/mol. The molecule has 122 valence electrons. The summed E-state index contributed by atoms with van der Waals surface area (Å²) in [6.07, 6.45) is 3.41. The summed E-state index contributed by atoms with van der Waals surface area (Å²) in [5, 5.41) is 0. The quantitative estimate of drug-likeness (QED) is 0.745. The van der Waals surface area contributed by atoms with Crippen LogP contribution in [-0.2, 0) is 19.4 Å². The lowest BCUT2D eigenvalue weighted by atomic mass is 10.1. The first kappa shape index (κ1) is 16.3. The minimum absolute atomic E-state index is 0.801. The first-order chi connectivity index (χ1) is 11.2. The molecule has 4 heteroatoms. The number of fused-ring (bicyclic) bond motifs is 1. The van der Waals surface area contributed by atoms with Crippen molar-refractivity contribution in [3.05, 3.63) is 46.2 Å². The van der Waals surface area contributed by atoms with Gasteiger partial charge in [0.05, 0.1) is 0 Å². The van der Waals surface area contributed by atoms with Gasteiger partial charge in [-0.15, -0.1) is 0 Å². The van der Waals surface area contributed by atoms with Gasteiger partial charge in [-0.3, -0.25) is 0 Å². The summed E-state index contributed by atoms with van der Waals surface area (Å²) in [5.74, 6) is 1.03. The van der Waals surface area contributed by atoms with E-state index in [9.17, 15) is 0 Å². The largest absolute Gasteiger partial charge is 0.328 e. The van der Waals surface area contributed by atoms with Crippen LogP contribution in [0.15, 0.2) is 30.3 Å². The Balaban J connectivity index is 2.04. The van der Waals surface area contributed by atoms with E-state index in [1.54, 1.807) is 0 Å². The Labute approximate surface area is 144 Å². The molecule has 1 aliphatic rings. The Morgan fingerprint density at radius 3 is 2.57 bits per heavy atom. The molecule has 0 amide bonds. The average Bonchev–Trinajstić information content (AvgIpc) is 3.08. The second-order valence-corrected chi connectivity index (χ2v) is 6.45. The topological polar surface area (TPSA) is 21.1 Å². The SMILES string of the molecule is CCN(CC)CCn1c(-c2ccccc2)nc(=S)c2c1CCC2. The first-order valence-corrected chi connectivity index (χ1v) is 9.05.